The van der Waals surface area contributed by atoms with Crippen molar-refractivity contribution in [3.05, 3.63) is 52.3 Å². The second-order valence-electron chi connectivity index (χ2n) is 4.68. The van der Waals surface area contributed by atoms with Gasteiger partial charge in [0.2, 0.25) is 6.79 Å². The van der Waals surface area contributed by atoms with E-state index >= 15 is 0 Å². The molecule has 2 aromatic rings. The van der Waals surface area contributed by atoms with Crippen LogP contribution >= 0.6 is 15.9 Å². The van der Waals surface area contributed by atoms with Crippen molar-refractivity contribution < 1.29 is 13.9 Å². The summed E-state index contributed by atoms with van der Waals surface area (Å²) < 4.78 is 24.8. The molecule has 1 aliphatic rings. The van der Waals surface area contributed by atoms with Crippen molar-refractivity contribution in [1.82, 2.24) is 0 Å². The average molecular weight is 353 g/mol. The highest BCUT2D eigenvalue weighted by atomic mass is 79.9. The molecule has 3 N–H and O–H groups in total. The molecule has 0 aliphatic carbocycles. The Labute approximate surface area is 130 Å². The minimum absolute atomic E-state index is 0.155. The van der Waals surface area contributed by atoms with Gasteiger partial charge >= 0.3 is 0 Å². The van der Waals surface area contributed by atoms with E-state index in [9.17, 15) is 4.39 Å². The maximum absolute atomic E-state index is 13.3. The van der Waals surface area contributed by atoms with E-state index in [1.807, 2.05) is 12.1 Å². The van der Waals surface area contributed by atoms with Gasteiger partial charge in [-0.3, -0.25) is 0 Å². The van der Waals surface area contributed by atoms with Crippen LogP contribution in [0.5, 0.6) is 11.5 Å². The van der Waals surface area contributed by atoms with Crippen LogP contribution in [-0.2, 0) is 0 Å². The number of hydrogen-bond acceptors (Lipinski definition) is 4. The standard InChI is InChI=1S/C15H14BrFN2O2/c16-12-4-9(5-14-15(12)21-8-20-14)13(7-18)19-11-3-1-2-10(17)6-11/h1-6,13,19H,7-8,18H2. The van der Waals surface area contributed by atoms with Gasteiger partial charge in [0.05, 0.1) is 10.5 Å². The van der Waals surface area contributed by atoms with Gasteiger partial charge in [0.1, 0.15) is 5.82 Å². The molecule has 1 heterocycles. The number of fused-ring (bicyclic) bond motifs is 1. The van der Waals surface area contributed by atoms with E-state index in [0.29, 0.717) is 23.7 Å². The SMILES string of the molecule is NCC(Nc1cccc(F)c1)c1cc(Br)c2c(c1)OCO2. The van der Waals surface area contributed by atoms with Gasteiger partial charge in [0.15, 0.2) is 11.5 Å². The smallest absolute Gasteiger partial charge is 0.231 e. The zero-order valence-corrected chi connectivity index (χ0v) is 12.7. The molecule has 0 saturated carbocycles. The van der Waals surface area contributed by atoms with Crippen LogP contribution in [0.15, 0.2) is 40.9 Å². The molecule has 4 nitrogen and oxygen atoms in total. The molecule has 6 heteroatoms. The number of nitrogens with one attached hydrogen (secondary N) is 1. The lowest BCUT2D eigenvalue weighted by atomic mass is 10.1. The molecule has 0 aromatic heterocycles. The first-order valence-corrected chi connectivity index (χ1v) is 7.28. The summed E-state index contributed by atoms with van der Waals surface area (Å²) in [5.41, 5.74) is 7.46. The van der Waals surface area contributed by atoms with Gasteiger partial charge < -0.3 is 20.5 Å². The van der Waals surface area contributed by atoms with Crippen LogP contribution in [0.1, 0.15) is 11.6 Å². The Morgan fingerprint density at radius 3 is 2.90 bits per heavy atom. The molecule has 0 bridgehead atoms. The van der Waals surface area contributed by atoms with Gasteiger partial charge in [0.25, 0.3) is 0 Å². The van der Waals surface area contributed by atoms with Crippen molar-refractivity contribution >= 4 is 21.6 Å². The quantitative estimate of drug-likeness (QED) is 0.884. The van der Waals surface area contributed by atoms with Gasteiger partial charge in [0, 0.05) is 12.2 Å². The Morgan fingerprint density at radius 2 is 2.14 bits per heavy atom. The molecular formula is C15H14BrFN2O2. The number of nitrogens with two attached hydrogens (primary N) is 1. The summed E-state index contributed by atoms with van der Waals surface area (Å²) in [5.74, 6) is 1.08. The fourth-order valence-electron chi connectivity index (χ4n) is 2.25. The maximum atomic E-state index is 13.3. The molecule has 0 radical (unpaired) electrons. The highest BCUT2D eigenvalue weighted by Gasteiger charge is 2.21. The van der Waals surface area contributed by atoms with E-state index in [2.05, 4.69) is 21.2 Å². The lowest BCUT2D eigenvalue weighted by Crippen LogP contribution is -2.20. The molecule has 1 unspecified atom stereocenters. The lowest BCUT2D eigenvalue weighted by Gasteiger charge is -2.19. The largest absolute Gasteiger partial charge is 0.454 e. The van der Waals surface area contributed by atoms with E-state index in [0.717, 1.165) is 10.0 Å². The lowest BCUT2D eigenvalue weighted by molar-refractivity contribution is 0.173. The maximum Gasteiger partial charge on any atom is 0.231 e. The van der Waals surface area contributed by atoms with Crippen molar-refractivity contribution in [3.63, 3.8) is 0 Å². The molecule has 1 aliphatic heterocycles. The Balaban J connectivity index is 1.88. The van der Waals surface area contributed by atoms with E-state index < -0.39 is 0 Å². The van der Waals surface area contributed by atoms with Crippen LogP contribution in [0.4, 0.5) is 10.1 Å². The molecule has 0 saturated heterocycles. The summed E-state index contributed by atoms with van der Waals surface area (Å²) in [6, 6.07) is 9.95. The van der Waals surface area contributed by atoms with Gasteiger partial charge in [-0.25, -0.2) is 4.39 Å². The van der Waals surface area contributed by atoms with Gasteiger partial charge in [-0.05, 0) is 51.8 Å². The van der Waals surface area contributed by atoms with E-state index in [4.69, 9.17) is 15.2 Å². The van der Waals surface area contributed by atoms with Crippen molar-refractivity contribution in [3.8, 4) is 11.5 Å². The Hall–Kier alpha value is -1.79. The molecule has 2 aromatic carbocycles. The van der Waals surface area contributed by atoms with E-state index in [1.54, 1.807) is 12.1 Å². The highest BCUT2D eigenvalue weighted by molar-refractivity contribution is 9.10. The van der Waals surface area contributed by atoms with Crippen LogP contribution in [-0.4, -0.2) is 13.3 Å². The fraction of sp³-hybridized carbons (Fsp3) is 0.200. The summed E-state index contributed by atoms with van der Waals surface area (Å²) in [4.78, 5) is 0. The van der Waals surface area contributed by atoms with E-state index in [-0.39, 0.29) is 18.7 Å². The first-order valence-electron chi connectivity index (χ1n) is 6.48. The monoisotopic (exact) mass is 352 g/mol. The van der Waals surface area contributed by atoms with Crippen LogP contribution in [0, 0.1) is 5.82 Å². The Morgan fingerprint density at radius 1 is 1.29 bits per heavy atom. The molecule has 0 amide bonds. The average Bonchev–Trinajstić information content (AvgIpc) is 2.93. The second-order valence-corrected chi connectivity index (χ2v) is 5.53. The van der Waals surface area contributed by atoms with Crippen molar-refractivity contribution in [2.45, 2.75) is 6.04 Å². The number of benzene rings is 2. The van der Waals surface area contributed by atoms with Crippen molar-refractivity contribution in [2.75, 3.05) is 18.7 Å². The topological polar surface area (TPSA) is 56.5 Å². The third-order valence-corrected chi connectivity index (χ3v) is 3.84. The highest BCUT2D eigenvalue weighted by Crippen LogP contribution is 2.41. The van der Waals surface area contributed by atoms with Crippen LogP contribution in [0.3, 0.4) is 0 Å². The molecule has 0 fully saturated rings. The normalized spacial score (nSPS) is 14.0. The van der Waals surface area contributed by atoms with Crippen LogP contribution < -0.4 is 20.5 Å². The predicted molar refractivity (Wildman–Crippen MR) is 82.1 cm³/mol. The van der Waals surface area contributed by atoms with Gasteiger partial charge in [-0.1, -0.05) is 6.07 Å². The first-order chi connectivity index (χ1) is 10.2. The minimum Gasteiger partial charge on any atom is -0.454 e. The third-order valence-electron chi connectivity index (χ3n) is 3.25. The molecular weight excluding hydrogens is 339 g/mol. The molecule has 21 heavy (non-hydrogen) atoms. The van der Waals surface area contributed by atoms with Crippen molar-refractivity contribution in [1.29, 1.82) is 0 Å². The molecule has 0 spiro atoms. The summed E-state index contributed by atoms with van der Waals surface area (Å²) in [7, 11) is 0. The zero-order valence-electron chi connectivity index (χ0n) is 11.1. The third kappa shape index (κ3) is 2.96. The minimum atomic E-state index is -0.289. The first kappa shape index (κ1) is 14.2. The Bertz CT molecular complexity index is 666. The summed E-state index contributed by atoms with van der Waals surface area (Å²) >= 11 is 3.46. The Kier molecular flexibility index (Phi) is 3.98. The summed E-state index contributed by atoms with van der Waals surface area (Å²) in [6.45, 7) is 0.574. The zero-order chi connectivity index (χ0) is 14.8. The van der Waals surface area contributed by atoms with Gasteiger partial charge in [-0.2, -0.15) is 0 Å². The number of ether oxygens (including phenoxy) is 2. The predicted octanol–water partition coefficient (Wildman–Crippen LogP) is 3.43. The molecule has 110 valence electrons. The number of rotatable bonds is 4. The van der Waals surface area contributed by atoms with Crippen molar-refractivity contribution in [2.24, 2.45) is 5.73 Å². The second kappa shape index (κ2) is 5.91. The van der Waals surface area contributed by atoms with E-state index in [1.165, 1.54) is 12.1 Å². The molecule has 1 atom stereocenters. The number of halogens is 2. The molecule has 3 rings (SSSR count). The summed E-state index contributed by atoms with van der Waals surface area (Å²) in [6.07, 6.45) is 0. The fourth-order valence-corrected chi connectivity index (χ4v) is 2.82. The number of hydrogen-bond donors (Lipinski definition) is 2. The van der Waals surface area contributed by atoms with Crippen LogP contribution in [0.25, 0.3) is 0 Å². The van der Waals surface area contributed by atoms with Crippen LogP contribution in [0.2, 0.25) is 0 Å². The summed E-state index contributed by atoms with van der Waals surface area (Å²) in [5, 5.41) is 3.22. The van der Waals surface area contributed by atoms with Gasteiger partial charge in [-0.15, -0.1) is 0 Å². The number of anilines is 1.